The van der Waals surface area contributed by atoms with E-state index in [0.717, 1.165) is 6.42 Å². The van der Waals surface area contributed by atoms with Crippen molar-refractivity contribution in [2.75, 3.05) is 6.61 Å². The highest BCUT2D eigenvalue weighted by Gasteiger charge is 2.30. The number of ether oxygens (including phenoxy) is 2. The van der Waals surface area contributed by atoms with Crippen molar-refractivity contribution in [2.24, 2.45) is 0 Å². The Labute approximate surface area is 135 Å². The minimum absolute atomic E-state index is 0.161. The van der Waals surface area contributed by atoms with Gasteiger partial charge in [-0.2, -0.15) is 5.10 Å². The number of hydrogen-bond acceptors (Lipinski definition) is 4. The van der Waals surface area contributed by atoms with Crippen LogP contribution in [0.4, 0.5) is 13.2 Å². The average molecular weight is 341 g/mol. The van der Waals surface area contributed by atoms with E-state index in [1.165, 1.54) is 24.3 Å². The number of alkyl halides is 3. The summed E-state index contributed by atoms with van der Waals surface area (Å²) in [5, 5.41) is 6.81. The fourth-order valence-electron chi connectivity index (χ4n) is 2.26. The summed E-state index contributed by atoms with van der Waals surface area (Å²) in [5.41, 5.74) is 0.877. The molecule has 0 radical (unpaired) electrons. The summed E-state index contributed by atoms with van der Waals surface area (Å²) >= 11 is 0. The highest BCUT2D eigenvalue weighted by molar-refractivity contribution is 5.92. The number of nitrogens with one attached hydrogen (secondary N) is 1. The molecule has 0 aliphatic carbocycles. The molecule has 24 heavy (non-hydrogen) atoms. The zero-order chi connectivity index (χ0) is 17.2. The van der Waals surface area contributed by atoms with Crippen LogP contribution in [0.3, 0.4) is 0 Å². The van der Waals surface area contributed by atoms with Gasteiger partial charge in [0.25, 0.3) is 5.91 Å². The minimum Gasteiger partial charge on any atom is -0.478 e. The van der Waals surface area contributed by atoms with Gasteiger partial charge in [-0.05, 0) is 17.7 Å². The average Bonchev–Trinajstić information content (AvgIpc) is 2.96. The monoisotopic (exact) mass is 341 g/mol. The maximum Gasteiger partial charge on any atom is 0.573 e. The molecule has 128 valence electrons. The SMILES string of the molecule is O=C(NCc1ccc(OC(F)(F)F)cc1)c1cc2n(n1)CCCO2. The fraction of sp³-hybridized carbons (Fsp3) is 0.333. The van der Waals surface area contributed by atoms with Crippen LogP contribution in [0.15, 0.2) is 30.3 Å². The number of nitrogens with zero attached hydrogens (tertiary/aromatic N) is 2. The molecular formula is C15H14F3N3O3. The van der Waals surface area contributed by atoms with Gasteiger partial charge < -0.3 is 14.8 Å². The van der Waals surface area contributed by atoms with Crippen molar-refractivity contribution >= 4 is 5.91 Å². The Morgan fingerprint density at radius 2 is 2.08 bits per heavy atom. The van der Waals surface area contributed by atoms with E-state index >= 15 is 0 Å². The topological polar surface area (TPSA) is 65.4 Å². The number of fused-ring (bicyclic) bond motifs is 1. The van der Waals surface area contributed by atoms with Crippen LogP contribution in [0.2, 0.25) is 0 Å². The molecule has 0 atom stereocenters. The van der Waals surface area contributed by atoms with E-state index in [1.807, 2.05) is 0 Å². The Morgan fingerprint density at radius 3 is 2.75 bits per heavy atom. The van der Waals surface area contributed by atoms with E-state index in [0.29, 0.717) is 24.6 Å². The van der Waals surface area contributed by atoms with Crippen molar-refractivity contribution in [1.29, 1.82) is 0 Å². The van der Waals surface area contributed by atoms with E-state index < -0.39 is 6.36 Å². The molecule has 0 fully saturated rings. The molecule has 3 rings (SSSR count). The van der Waals surface area contributed by atoms with Crippen LogP contribution < -0.4 is 14.8 Å². The minimum atomic E-state index is -4.72. The van der Waals surface area contributed by atoms with E-state index in [9.17, 15) is 18.0 Å². The lowest BCUT2D eigenvalue weighted by Crippen LogP contribution is -2.23. The Hall–Kier alpha value is -2.71. The Morgan fingerprint density at radius 1 is 1.33 bits per heavy atom. The number of benzene rings is 1. The fourth-order valence-corrected chi connectivity index (χ4v) is 2.26. The lowest BCUT2D eigenvalue weighted by Gasteiger charge is -2.13. The van der Waals surface area contributed by atoms with Gasteiger partial charge in [-0.3, -0.25) is 4.79 Å². The molecule has 1 N–H and O–H groups in total. The van der Waals surface area contributed by atoms with Gasteiger partial charge in [0.2, 0.25) is 5.88 Å². The first kappa shape index (κ1) is 16.2. The number of aryl methyl sites for hydroxylation is 1. The number of amides is 1. The van der Waals surface area contributed by atoms with E-state index in [1.54, 1.807) is 10.7 Å². The summed E-state index contributed by atoms with van der Waals surface area (Å²) in [6.07, 6.45) is -3.89. The zero-order valence-electron chi connectivity index (χ0n) is 12.5. The Balaban J connectivity index is 1.57. The molecule has 0 saturated carbocycles. The van der Waals surface area contributed by atoms with Crippen molar-refractivity contribution in [3.05, 3.63) is 41.6 Å². The van der Waals surface area contributed by atoms with E-state index in [4.69, 9.17) is 4.74 Å². The molecular weight excluding hydrogens is 327 g/mol. The molecule has 1 aliphatic heterocycles. The third-order valence-corrected chi connectivity index (χ3v) is 3.35. The Bertz CT molecular complexity index is 702. The zero-order valence-corrected chi connectivity index (χ0v) is 12.5. The third-order valence-electron chi connectivity index (χ3n) is 3.35. The quantitative estimate of drug-likeness (QED) is 0.928. The van der Waals surface area contributed by atoms with Crippen molar-refractivity contribution in [3.63, 3.8) is 0 Å². The largest absolute Gasteiger partial charge is 0.573 e. The number of aromatic nitrogens is 2. The van der Waals surface area contributed by atoms with E-state index in [-0.39, 0.29) is 23.9 Å². The van der Waals surface area contributed by atoms with Gasteiger partial charge in [-0.25, -0.2) is 4.68 Å². The highest BCUT2D eigenvalue weighted by Crippen LogP contribution is 2.23. The number of carbonyl (C=O) groups is 1. The first-order chi connectivity index (χ1) is 11.4. The molecule has 2 heterocycles. The summed E-state index contributed by atoms with van der Waals surface area (Å²) in [5.74, 6) is -0.132. The molecule has 1 aliphatic rings. The third kappa shape index (κ3) is 3.98. The molecule has 0 spiro atoms. The van der Waals surface area contributed by atoms with Crippen LogP contribution in [0.1, 0.15) is 22.5 Å². The molecule has 1 aromatic carbocycles. The van der Waals surface area contributed by atoms with Crippen LogP contribution in [0.25, 0.3) is 0 Å². The highest BCUT2D eigenvalue weighted by atomic mass is 19.4. The van der Waals surface area contributed by atoms with Gasteiger partial charge in [0.05, 0.1) is 6.61 Å². The first-order valence-corrected chi connectivity index (χ1v) is 7.24. The molecule has 0 unspecified atom stereocenters. The second-order valence-electron chi connectivity index (χ2n) is 5.17. The number of hydrogen-bond donors (Lipinski definition) is 1. The predicted octanol–water partition coefficient (Wildman–Crippen LogP) is 2.49. The molecule has 1 amide bonds. The van der Waals surface area contributed by atoms with Gasteiger partial charge in [-0.1, -0.05) is 12.1 Å². The van der Waals surface area contributed by atoms with Crippen LogP contribution in [-0.2, 0) is 13.1 Å². The van der Waals surface area contributed by atoms with E-state index in [2.05, 4.69) is 15.2 Å². The van der Waals surface area contributed by atoms with Crippen LogP contribution >= 0.6 is 0 Å². The standard InChI is InChI=1S/C15H14F3N3O3/c16-15(17,18)24-11-4-2-10(3-5-11)9-19-14(22)12-8-13-21(20-12)6-1-7-23-13/h2-5,8H,1,6-7,9H2,(H,19,22). The Kier molecular flexibility index (Phi) is 4.32. The van der Waals surface area contributed by atoms with Gasteiger partial charge in [-0.15, -0.1) is 13.2 Å². The number of carbonyl (C=O) groups excluding carboxylic acids is 1. The second-order valence-corrected chi connectivity index (χ2v) is 5.17. The summed E-state index contributed by atoms with van der Waals surface area (Å²) in [6.45, 7) is 1.45. The molecule has 2 aromatic rings. The van der Waals surface area contributed by atoms with Crippen molar-refractivity contribution in [2.45, 2.75) is 25.9 Å². The van der Waals surface area contributed by atoms with Gasteiger partial charge in [0.1, 0.15) is 5.75 Å². The molecule has 9 heteroatoms. The lowest BCUT2D eigenvalue weighted by atomic mass is 10.2. The van der Waals surface area contributed by atoms with Crippen LogP contribution in [0.5, 0.6) is 11.6 Å². The van der Waals surface area contributed by atoms with Gasteiger partial charge >= 0.3 is 6.36 Å². The molecule has 1 aromatic heterocycles. The maximum absolute atomic E-state index is 12.1. The normalized spacial score (nSPS) is 13.8. The maximum atomic E-state index is 12.1. The summed E-state index contributed by atoms with van der Waals surface area (Å²) in [7, 11) is 0. The second kappa shape index (κ2) is 6.42. The first-order valence-electron chi connectivity index (χ1n) is 7.24. The summed E-state index contributed by atoms with van der Waals surface area (Å²) in [6, 6.07) is 6.84. The number of rotatable bonds is 4. The van der Waals surface area contributed by atoms with Crippen LogP contribution in [-0.4, -0.2) is 28.7 Å². The van der Waals surface area contributed by atoms with Gasteiger partial charge in [0.15, 0.2) is 5.69 Å². The van der Waals surface area contributed by atoms with Crippen molar-refractivity contribution in [1.82, 2.24) is 15.1 Å². The van der Waals surface area contributed by atoms with Crippen LogP contribution in [0, 0.1) is 0 Å². The molecule has 0 bridgehead atoms. The van der Waals surface area contributed by atoms with Crippen molar-refractivity contribution < 1.29 is 27.4 Å². The smallest absolute Gasteiger partial charge is 0.478 e. The lowest BCUT2D eigenvalue weighted by molar-refractivity contribution is -0.274. The molecule has 0 saturated heterocycles. The van der Waals surface area contributed by atoms with Crippen molar-refractivity contribution in [3.8, 4) is 11.6 Å². The molecule has 6 nitrogen and oxygen atoms in total. The summed E-state index contributed by atoms with van der Waals surface area (Å²) < 4.78 is 47.0. The predicted molar refractivity (Wildman–Crippen MR) is 76.6 cm³/mol. The summed E-state index contributed by atoms with van der Waals surface area (Å²) in [4.78, 5) is 12.1. The number of halogens is 3. The van der Waals surface area contributed by atoms with Gasteiger partial charge in [0, 0.05) is 25.6 Å².